The molecule has 8 nitrogen and oxygen atoms in total. The van der Waals surface area contributed by atoms with Crippen LogP contribution in [0.5, 0.6) is 11.5 Å². The van der Waals surface area contributed by atoms with Gasteiger partial charge in [0, 0.05) is 45.2 Å². The van der Waals surface area contributed by atoms with Crippen LogP contribution in [0.4, 0.5) is 0 Å². The van der Waals surface area contributed by atoms with Crippen molar-refractivity contribution in [2.75, 3.05) is 40.6 Å². The SMILES string of the molecule is COCCCOc1cc(C[C@@H](C[C@H](N)C(O)C[C@H](C(=O)NC[C@@H]2CCCO2)C(C)C)C(C)C)ccc1OC. The lowest BCUT2D eigenvalue weighted by molar-refractivity contribution is -0.128. The molecule has 218 valence electrons. The normalized spacial score (nSPS) is 18.8. The van der Waals surface area contributed by atoms with Gasteiger partial charge in [-0.05, 0) is 67.6 Å². The Kier molecular flexibility index (Phi) is 14.4. The van der Waals surface area contributed by atoms with Gasteiger partial charge in [0.15, 0.2) is 11.5 Å². The molecule has 1 fully saturated rings. The monoisotopic (exact) mass is 536 g/mol. The third-order valence-electron chi connectivity index (χ3n) is 7.65. The average Bonchev–Trinajstić information content (AvgIpc) is 3.41. The number of rotatable bonds is 18. The van der Waals surface area contributed by atoms with Crippen LogP contribution >= 0.6 is 0 Å². The van der Waals surface area contributed by atoms with Gasteiger partial charge in [-0.15, -0.1) is 0 Å². The number of carbonyl (C=O) groups excluding carboxylic acids is 1. The van der Waals surface area contributed by atoms with Gasteiger partial charge >= 0.3 is 0 Å². The van der Waals surface area contributed by atoms with Crippen molar-refractivity contribution >= 4 is 5.91 Å². The smallest absolute Gasteiger partial charge is 0.223 e. The third-order valence-corrected chi connectivity index (χ3v) is 7.65. The molecular weight excluding hydrogens is 484 g/mol. The number of benzene rings is 1. The molecule has 4 N–H and O–H groups in total. The number of nitrogens with two attached hydrogens (primary N) is 1. The highest BCUT2D eigenvalue weighted by Gasteiger charge is 2.30. The molecule has 1 aliphatic rings. The fourth-order valence-corrected chi connectivity index (χ4v) is 5.01. The maximum Gasteiger partial charge on any atom is 0.223 e. The maximum atomic E-state index is 12.9. The Balaban J connectivity index is 1.97. The van der Waals surface area contributed by atoms with Gasteiger partial charge < -0.3 is 35.1 Å². The van der Waals surface area contributed by atoms with E-state index in [9.17, 15) is 9.90 Å². The van der Waals surface area contributed by atoms with Crippen LogP contribution in [0.2, 0.25) is 0 Å². The lowest BCUT2D eigenvalue weighted by atomic mass is 9.81. The van der Waals surface area contributed by atoms with E-state index in [0.717, 1.165) is 43.6 Å². The fourth-order valence-electron chi connectivity index (χ4n) is 5.01. The van der Waals surface area contributed by atoms with E-state index in [1.807, 2.05) is 26.0 Å². The number of amides is 1. The molecule has 1 aliphatic heterocycles. The van der Waals surface area contributed by atoms with E-state index >= 15 is 0 Å². The molecule has 0 radical (unpaired) electrons. The number of hydrogen-bond acceptors (Lipinski definition) is 7. The van der Waals surface area contributed by atoms with Crippen molar-refractivity contribution < 1.29 is 28.8 Å². The number of carbonyl (C=O) groups is 1. The molecule has 1 aromatic rings. The standard InChI is InChI=1S/C30H52N2O6/c1-20(2)23(15-22-10-11-28(36-6)29(16-22)38-14-8-12-35-5)17-26(31)27(33)18-25(21(3)4)30(34)32-19-24-9-7-13-37-24/h10-11,16,20-21,23-27,33H,7-9,12-15,17-19,31H2,1-6H3,(H,32,34)/t23-,24-,25-,26-,27?/m0/s1. The summed E-state index contributed by atoms with van der Waals surface area (Å²) in [6, 6.07) is 5.62. The number of nitrogens with one attached hydrogen (secondary N) is 1. The number of aliphatic hydroxyl groups is 1. The fraction of sp³-hybridized carbons (Fsp3) is 0.767. The van der Waals surface area contributed by atoms with E-state index in [2.05, 4.69) is 25.2 Å². The molecule has 1 saturated heterocycles. The van der Waals surface area contributed by atoms with Crippen LogP contribution in [0.3, 0.4) is 0 Å². The topological polar surface area (TPSA) is 112 Å². The minimum Gasteiger partial charge on any atom is -0.493 e. The van der Waals surface area contributed by atoms with Crippen molar-refractivity contribution in [2.45, 2.75) is 84.5 Å². The highest BCUT2D eigenvalue weighted by molar-refractivity contribution is 5.78. The highest BCUT2D eigenvalue weighted by atomic mass is 16.5. The van der Waals surface area contributed by atoms with Crippen molar-refractivity contribution in [1.29, 1.82) is 0 Å². The number of hydrogen-bond donors (Lipinski definition) is 3. The van der Waals surface area contributed by atoms with E-state index in [1.54, 1.807) is 14.2 Å². The molecule has 8 heteroatoms. The van der Waals surface area contributed by atoms with Gasteiger partial charge in [0.25, 0.3) is 0 Å². The first-order chi connectivity index (χ1) is 18.2. The molecule has 0 spiro atoms. The van der Waals surface area contributed by atoms with Crippen LogP contribution in [-0.2, 0) is 20.7 Å². The summed E-state index contributed by atoms with van der Waals surface area (Å²) in [5.41, 5.74) is 7.68. The Hall–Kier alpha value is -1.87. The summed E-state index contributed by atoms with van der Waals surface area (Å²) in [5.74, 6) is 1.84. The second-order valence-electron chi connectivity index (χ2n) is 11.3. The lowest BCUT2D eigenvalue weighted by Crippen LogP contribution is -2.43. The zero-order valence-electron chi connectivity index (χ0n) is 24.4. The Morgan fingerprint density at radius 2 is 1.89 bits per heavy atom. The minimum atomic E-state index is -0.757. The molecule has 2 rings (SSSR count). The van der Waals surface area contributed by atoms with Crippen LogP contribution in [0.25, 0.3) is 0 Å². The average molecular weight is 537 g/mol. The molecule has 5 atom stereocenters. The number of ether oxygens (including phenoxy) is 4. The molecule has 0 aliphatic carbocycles. The van der Waals surface area contributed by atoms with E-state index < -0.39 is 12.1 Å². The van der Waals surface area contributed by atoms with Gasteiger partial charge in [-0.2, -0.15) is 0 Å². The van der Waals surface area contributed by atoms with Gasteiger partial charge in [0.05, 0.1) is 25.9 Å². The summed E-state index contributed by atoms with van der Waals surface area (Å²) >= 11 is 0. The molecule has 0 bridgehead atoms. The second-order valence-corrected chi connectivity index (χ2v) is 11.3. The summed E-state index contributed by atoms with van der Waals surface area (Å²) in [4.78, 5) is 12.9. The van der Waals surface area contributed by atoms with E-state index in [4.69, 9.17) is 24.7 Å². The molecule has 0 aromatic heterocycles. The van der Waals surface area contributed by atoms with Crippen molar-refractivity contribution in [3.05, 3.63) is 23.8 Å². The van der Waals surface area contributed by atoms with Crippen LogP contribution in [0.15, 0.2) is 18.2 Å². The zero-order chi connectivity index (χ0) is 28.1. The Labute approximate surface area is 229 Å². The molecule has 38 heavy (non-hydrogen) atoms. The van der Waals surface area contributed by atoms with Gasteiger partial charge in [-0.25, -0.2) is 0 Å². The van der Waals surface area contributed by atoms with Crippen molar-refractivity contribution in [2.24, 2.45) is 29.4 Å². The molecule has 1 amide bonds. The molecule has 1 unspecified atom stereocenters. The summed E-state index contributed by atoms with van der Waals surface area (Å²) in [7, 11) is 3.32. The minimum absolute atomic E-state index is 0.0292. The van der Waals surface area contributed by atoms with Crippen molar-refractivity contribution in [1.82, 2.24) is 5.32 Å². The summed E-state index contributed by atoms with van der Waals surface area (Å²) in [5, 5.41) is 14.1. The first kappa shape index (κ1) is 32.3. The van der Waals surface area contributed by atoms with E-state index in [1.165, 1.54) is 0 Å². The quantitative estimate of drug-likeness (QED) is 0.244. The molecule has 1 aromatic carbocycles. The maximum absolute atomic E-state index is 12.9. The Morgan fingerprint density at radius 1 is 1.13 bits per heavy atom. The van der Waals surface area contributed by atoms with Crippen LogP contribution in [-0.4, -0.2) is 69.8 Å². The van der Waals surface area contributed by atoms with Gasteiger partial charge in [0.2, 0.25) is 5.91 Å². The highest BCUT2D eigenvalue weighted by Crippen LogP contribution is 2.31. The first-order valence-corrected chi connectivity index (χ1v) is 14.3. The van der Waals surface area contributed by atoms with Gasteiger partial charge in [-0.1, -0.05) is 33.8 Å². The lowest BCUT2D eigenvalue weighted by Gasteiger charge is -2.30. The Bertz CT molecular complexity index is 812. The number of aliphatic hydroxyl groups excluding tert-OH is 1. The summed E-state index contributed by atoms with van der Waals surface area (Å²) in [6.45, 7) is 10.9. The third kappa shape index (κ3) is 10.7. The number of methoxy groups -OCH3 is 2. The molecule has 1 heterocycles. The molecule has 0 saturated carbocycles. The predicted molar refractivity (Wildman–Crippen MR) is 151 cm³/mol. The zero-order valence-corrected chi connectivity index (χ0v) is 24.4. The van der Waals surface area contributed by atoms with Crippen LogP contribution in [0.1, 0.15) is 65.4 Å². The first-order valence-electron chi connectivity index (χ1n) is 14.3. The second kappa shape index (κ2) is 17.0. The van der Waals surface area contributed by atoms with Crippen molar-refractivity contribution in [3.8, 4) is 11.5 Å². The van der Waals surface area contributed by atoms with Gasteiger partial charge in [-0.3, -0.25) is 4.79 Å². The summed E-state index contributed by atoms with van der Waals surface area (Å²) < 4.78 is 22.2. The Morgan fingerprint density at radius 3 is 2.50 bits per heavy atom. The van der Waals surface area contributed by atoms with Gasteiger partial charge in [0.1, 0.15) is 0 Å². The van der Waals surface area contributed by atoms with Crippen molar-refractivity contribution in [3.63, 3.8) is 0 Å². The van der Waals surface area contributed by atoms with Crippen LogP contribution < -0.4 is 20.5 Å². The predicted octanol–water partition coefficient (Wildman–Crippen LogP) is 3.96. The largest absolute Gasteiger partial charge is 0.493 e. The molecular formula is C30H52N2O6. The van der Waals surface area contributed by atoms with Crippen LogP contribution in [0, 0.1) is 23.7 Å². The van der Waals surface area contributed by atoms with E-state index in [-0.39, 0.29) is 29.8 Å². The van der Waals surface area contributed by atoms with E-state index in [0.29, 0.717) is 44.3 Å². The summed E-state index contributed by atoms with van der Waals surface area (Å²) in [6.07, 6.45) is 3.98.